The zero-order chi connectivity index (χ0) is 20.4. The van der Waals surface area contributed by atoms with Gasteiger partial charge in [0.1, 0.15) is 11.4 Å². The molecule has 1 amide bonds. The van der Waals surface area contributed by atoms with Crippen molar-refractivity contribution in [2.24, 2.45) is 23.2 Å². The third-order valence-electron chi connectivity index (χ3n) is 6.54. The molecule has 3 aliphatic rings. The van der Waals surface area contributed by atoms with Crippen molar-refractivity contribution >= 4 is 6.09 Å². The number of nitrogens with zero attached hydrogens (tertiary/aromatic N) is 3. The number of carbonyl (C=O) groups excluding carboxylic acids is 1. The predicted molar refractivity (Wildman–Crippen MR) is 108 cm³/mol. The average Bonchev–Trinajstić information content (AvgIpc) is 3.10. The van der Waals surface area contributed by atoms with E-state index in [0.29, 0.717) is 17.3 Å². The summed E-state index contributed by atoms with van der Waals surface area (Å²) in [5.74, 6) is 2.63. The lowest BCUT2D eigenvalue weighted by atomic mass is 9.44. The van der Waals surface area contributed by atoms with Crippen LogP contribution in [0, 0.1) is 23.2 Å². The van der Waals surface area contributed by atoms with Crippen molar-refractivity contribution in [3.8, 4) is 0 Å². The number of nitrogens with one attached hydrogen (secondary N) is 2. The normalized spacial score (nSPS) is 28.8. The molecule has 3 saturated carbocycles. The van der Waals surface area contributed by atoms with Crippen molar-refractivity contribution < 1.29 is 9.53 Å². The molecule has 2 N–H and O–H groups in total. The fourth-order valence-electron chi connectivity index (χ4n) is 4.87. The lowest BCUT2D eigenvalue weighted by molar-refractivity contribution is -0.113. The van der Waals surface area contributed by atoms with Gasteiger partial charge in [-0.1, -0.05) is 26.0 Å². The summed E-state index contributed by atoms with van der Waals surface area (Å²) in [4.78, 5) is 12.4. The van der Waals surface area contributed by atoms with Crippen molar-refractivity contribution in [3.05, 3.63) is 18.0 Å². The molecular formula is C21H35N5O2. The van der Waals surface area contributed by atoms with Crippen molar-refractivity contribution in [1.82, 2.24) is 25.9 Å². The molecule has 1 heterocycles. The maximum atomic E-state index is 12.4. The van der Waals surface area contributed by atoms with E-state index in [4.69, 9.17) is 4.74 Å². The van der Waals surface area contributed by atoms with Gasteiger partial charge in [0, 0.05) is 12.5 Å². The molecule has 4 rings (SSSR count). The van der Waals surface area contributed by atoms with Gasteiger partial charge in [0.15, 0.2) is 0 Å². The number of hydrogen-bond acceptors (Lipinski definition) is 5. The average molecular weight is 390 g/mol. The summed E-state index contributed by atoms with van der Waals surface area (Å²) in [6, 6.07) is 0.194. The van der Waals surface area contributed by atoms with Gasteiger partial charge in [-0.05, 0) is 86.5 Å². The SMILES string of the molecule is CC(C)(C)OC(=O)N[C@@H]1[C@@H](C/C=C\CCCc2nnn[nH]2)C[C@H]2C[C@@H]1C2(C)C. The van der Waals surface area contributed by atoms with E-state index in [1.165, 1.54) is 12.8 Å². The molecule has 0 spiro atoms. The van der Waals surface area contributed by atoms with Crippen LogP contribution >= 0.6 is 0 Å². The molecule has 1 aromatic rings. The molecular weight excluding hydrogens is 354 g/mol. The summed E-state index contributed by atoms with van der Waals surface area (Å²) in [7, 11) is 0. The highest BCUT2D eigenvalue weighted by molar-refractivity contribution is 5.68. The Morgan fingerprint density at radius 2 is 2.11 bits per heavy atom. The number of allylic oxidation sites excluding steroid dienone is 2. The first-order valence-corrected chi connectivity index (χ1v) is 10.5. The molecule has 1 aromatic heterocycles. The molecule has 3 aliphatic carbocycles. The van der Waals surface area contributed by atoms with Crippen molar-refractivity contribution in [2.45, 2.75) is 84.8 Å². The van der Waals surface area contributed by atoms with Crippen LogP contribution in [0.4, 0.5) is 4.79 Å². The summed E-state index contributed by atoms with van der Waals surface area (Å²) in [6.45, 7) is 10.4. The van der Waals surface area contributed by atoms with E-state index in [0.717, 1.165) is 37.4 Å². The summed E-state index contributed by atoms with van der Waals surface area (Å²) in [6.07, 6.45) is 10.6. The molecule has 0 aromatic carbocycles. The number of unbranched alkanes of at least 4 members (excludes halogenated alkanes) is 1. The number of H-pyrrole nitrogens is 1. The van der Waals surface area contributed by atoms with Crippen molar-refractivity contribution in [2.75, 3.05) is 0 Å². The highest BCUT2D eigenvalue weighted by Crippen LogP contribution is 2.61. The number of hydrogen-bond donors (Lipinski definition) is 2. The number of alkyl carbamates (subject to hydrolysis) is 1. The molecule has 0 saturated heterocycles. The minimum atomic E-state index is -0.467. The second-order valence-electron chi connectivity index (χ2n) is 9.98. The standard InChI is InChI=1S/C21H35N5O2/c1-20(2,3)28-19(27)22-18-14(12-15-13-16(18)21(15,4)5)10-8-6-7-9-11-17-23-25-26-24-17/h6,8,14-16,18H,7,9-13H2,1-5H3,(H,22,27)(H,23,24,25,26)/b8-6-/t14-,15-,16-,18+/m0/s1. The number of carbonyl (C=O) groups is 1. The molecule has 7 nitrogen and oxygen atoms in total. The van der Waals surface area contributed by atoms with Gasteiger partial charge in [0.25, 0.3) is 0 Å². The van der Waals surface area contributed by atoms with Crippen molar-refractivity contribution in [1.29, 1.82) is 0 Å². The molecule has 7 heteroatoms. The first-order chi connectivity index (χ1) is 13.2. The number of fused-ring (bicyclic) bond motifs is 2. The highest BCUT2D eigenvalue weighted by atomic mass is 16.6. The number of aryl methyl sites for hydroxylation is 1. The van der Waals surface area contributed by atoms with Crippen LogP contribution < -0.4 is 5.32 Å². The molecule has 3 fully saturated rings. The number of aromatic amines is 1. The second kappa shape index (κ2) is 8.21. The third kappa shape index (κ3) is 4.92. The van der Waals surface area contributed by atoms with Gasteiger partial charge in [-0.3, -0.25) is 0 Å². The Kier molecular flexibility index (Phi) is 6.10. The van der Waals surface area contributed by atoms with Gasteiger partial charge in [-0.2, -0.15) is 0 Å². The number of amides is 1. The molecule has 2 bridgehead atoms. The van der Waals surface area contributed by atoms with E-state index in [9.17, 15) is 4.79 Å². The van der Waals surface area contributed by atoms with Crippen LogP contribution in [-0.4, -0.2) is 38.4 Å². The van der Waals surface area contributed by atoms with Crippen molar-refractivity contribution in [3.63, 3.8) is 0 Å². The molecule has 156 valence electrons. The summed E-state index contributed by atoms with van der Waals surface area (Å²) in [5, 5.41) is 17.1. The fraction of sp³-hybridized carbons (Fsp3) is 0.810. The molecule has 0 radical (unpaired) electrons. The number of ether oxygens (including phenoxy) is 1. The highest BCUT2D eigenvalue weighted by Gasteiger charge is 2.57. The van der Waals surface area contributed by atoms with Crippen LogP contribution in [0.15, 0.2) is 12.2 Å². The smallest absolute Gasteiger partial charge is 0.407 e. The summed E-state index contributed by atoms with van der Waals surface area (Å²) in [5.41, 5.74) is -0.157. The Bertz CT molecular complexity index is 677. The number of tetrazole rings is 1. The Balaban J connectivity index is 1.51. The Morgan fingerprint density at radius 3 is 2.75 bits per heavy atom. The third-order valence-corrected chi connectivity index (χ3v) is 6.54. The van der Waals surface area contributed by atoms with Crippen LogP contribution in [0.1, 0.15) is 72.5 Å². The van der Waals surface area contributed by atoms with E-state index in [2.05, 4.69) is 51.9 Å². The van der Waals surface area contributed by atoms with E-state index < -0.39 is 5.60 Å². The van der Waals surface area contributed by atoms with Gasteiger partial charge < -0.3 is 10.1 Å². The predicted octanol–water partition coefficient (Wildman–Crippen LogP) is 4.04. The zero-order valence-electron chi connectivity index (χ0n) is 17.9. The Morgan fingerprint density at radius 1 is 1.32 bits per heavy atom. The van der Waals surface area contributed by atoms with Crippen LogP contribution in [-0.2, 0) is 11.2 Å². The van der Waals surface area contributed by atoms with Gasteiger partial charge in [0.2, 0.25) is 0 Å². The fourth-order valence-corrected chi connectivity index (χ4v) is 4.87. The minimum absolute atomic E-state index is 0.194. The molecule has 4 atom stereocenters. The maximum Gasteiger partial charge on any atom is 0.407 e. The molecule has 0 aliphatic heterocycles. The van der Waals surface area contributed by atoms with Crippen LogP contribution in [0.25, 0.3) is 0 Å². The maximum absolute atomic E-state index is 12.4. The molecule has 28 heavy (non-hydrogen) atoms. The lowest BCUT2D eigenvalue weighted by Gasteiger charge is -2.62. The topological polar surface area (TPSA) is 92.8 Å². The van der Waals surface area contributed by atoms with Gasteiger partial charge >= 0.3 is 6.09 Å². The Hall–Kier alpha value is -1.92. The van der Waals surface area contributed by atoms with E-state index in [1.807, 2.05) is 20.8 Å². The molecule has 0 unspecified atom stereocenters. The second-order valence-corrected chi connectivity index (χ2v) is 9.98. The van der Waals surface area contributed by atoms with Gasteiger partial charge in [-0.15, -0.1) is 5.10 Å². The quantitative estimate of drug-likeness (QED) is 0.542. The summed E-state index contributed by atoms with van der Waals surface area (Å²) < 4.78 is 5.53. The summed E-state index contributed by atoms with van der Waals surface area (Å²) >= 11 is 0. The van der Waals surface area contributed by atoms with Crippen LogP contribution in [0.5, 0.6) is 0 Å². The Labute approximate surface area is 168 Å². The largest absolute Gasteiger partial charge is 0.444 e. The van der Waals surface area contributed by atoms with E-state index in [1.54, 1.807) is 0 Å². The monoisotopic (exact) mass is 389 g/mol. The number of aromatic nitrogens is 4. The minimum Gasteiger partial charge on any atom is -0.444 e. The zero-order valence-corrected chi connectivity index (χ0v) is 17.9. The van der Waals surface area contributed by atoms with Gasteiger partial charge in [-0.25, -0.2) is 9.89 Å². The van der Waals surface area contributed by atoms with E-state index >= 15 is 0 Å². The van der Waals surface area contributed by atoms with Gasteiger partial charge in [0.05, 0.1) is 0 Å². The van der Waals surface area contributed by atoms with Crippen LogP contribution in [0.2, 0.25) is 0 Å². The first-order valence-electron chi connectivity index (χ1n) is 10.5. The lowest BCUT2D eigenvalue weighted by Crippen LogP contribution is -2.63. The first kappa shape index (κ1) is 20.8. The van der Waals surface area contributed by atoms with E-state index in [-0.39, 0.29) is 12.1 Å². The number of rotatable bonds is 7. The van der Waals surface area contributed by atoms with Crippen LogP contribution in [0.3, 0.4) is 0 Å².